The summed E-state index contributed by atoms with van der Waals surface area (Å²) in [5.74, 6) is -0.480. The molecular weight excluding hydrogens is 422 g/mol. The third-order valence-corrected chi connectivity index (χ3v) is 6.74. The molecule has 10 heteroatoms. The Morgan fingerprint density at radius 2 is 1.81 bits per heavy atom. The van der Waals surface area contributed by atoms with E-state index in [9.17, 15) is 19.2 Å². The zero-order valence-electron chi connectivity index (χ0n) is 17.6. The number of nitrogens with one attached hydrogen (secondary N) is 2. The lowest BCUT2D eigenvalue weighted by Crippen LogP contribution is -2.54. The van der Waals surface area contributed by atoms with E-state index in [4.69, 9.17) is 11.6 Å². The molecule has 0 radical (unpaired) electrons. The van der Waals surface area contributed by atoms with Crippen LogP contribution in [0.4, 0.5) is 15.3 Å². The molecule has 166 valence electrons. The topological polar surface area (TPSA) is 102 Å². The van der Waals surface area contributed by atoms with E-state index in [1.54, 1.807) is 28.9 Å². The number of anilines is 1. The maximum absolute atomic E-state index is 12.7. The number of hydrogen-bond acceptors (Lipinski definition) is 4. The molecular formula is C21H26ClN5O4. The van der Waals surface area contributed by atoms with Crippen LogP contribution in [0.1, 0.15) is 25.3 Å². The van der Waals surface area contributed by atoms with Crippen LogP contribution < -0.4 is 10.6 Å². The molecule has 1 saturated carbocycles. The van der Waals surface area contributed by atoms with Crippen molar-refractivity contribution >= 4 is 41.2 Å². The highest BCUT2D eigenvalue weighted by atomic mass is 35.5. The normalized spacial score (nSPS) is 23.8. The summed E-state index contributed by atoms with van der Waals surface area (Å²) in [7, 11) is 0. The van der Waals surface area contributed by atoms with E-state index in [0.717, 1.165) is 23.3 Å². The predicted octanol–water partition coefficient (Wildman–Crippen LogP) is 2.05. The van der Waals surface area contributed by atoms with Crippen LogP contribution in [-0.4, -0.2) is 76.8 Å². The fourth-order valence-electron chi connectivity index (χ4n) is 4.06. The molecule has 1 atom stereocenters. The van der Waals surface area contributed by atoms with E-state index in [1.807, 2.05) is 13.0 Å². The van der Waals surface area contributed by atoms with Gasteiger partial charge in [0.05, 0.1) is 0 Å². The van der Waals surface area contributed by atoms with E-state index >= 15 is 0 Å². The van der Waals surface area contributed by atoms with Crippen molar-refractivity contribution in [2.75, 3.05) is 38.0 Å². The van der Waals surface area contributed by atoms with Crippen LogP contribution in [0.3, 0.4) is 0 Å². The lowest BCUT2D eigenvalue weighted by atomic mass is 9.96. The second kappa shape index (κ2) is 8.03. The molecule has 1 aliphatic carbocycles. The second-order valence-corrected chi connectivity index (χ2v) is 8.97. The van der Waals surface area contributed by atoms with E-state index in [1.165, 1.54) is 0 Å². The van der Waals surface area contributed by atoms with Crippen LogP contribution in [0.15, 0.2) is 18.2 Å². The summed E-state index contributed by atoms with van der Waals surface area (Å²) in [5, 5.41) is 6.14. The Morgan fingerprint density at radius 3 is 2.42 bits per heavy atom. The van der Waals surface area contributed by atoms with Crippen molar-refractivity contribution in [1.82, 2.24) is 20.0 Å². The minimum absolute atomic E-state index is 0.148. The van der Waals surface area contributed by atoms with Gasteiger partial charge in [-0.3, -0.25) is 14.5 Å². The molecule has 0 aromatic heterocycles. The minimum atomic E-state index is -0.896. The number of urea groups is 2. The van der Waals surface area contributed by atoms with Gasteiger partial charge in [0.15, 0.2) is 0 Å². The summed E-state index contributed by atoms with van der Waals surface area (Å²) in [6, 6.07) is 4.54. The van der Waals surface area contributed by atoms with Gasteiger partial charge in [0.25, 0.3) is 5.91 Å². The molecule has 31 heavy (non-hydrogen) atoms. The van der Waals surface area contributed by atoms with Crippen molar-refractivity contribution < 1.29 is 19.2 Å². The summed E-state index contributed by atoms with van der Waals surface area (Å²) in [5.41, 5.74) is 0.637. The monoisotopic (exact) mass is 447 g/mol. The fraction of sp³-hybridized carbons (Fsp3) is 0.524. The molecule has 1 unspecified atom stereocenters. The third-order valence-electron chi connectivity index (χ3n) is 6.33. The lowest BCUT2D eigenvalue weighted by molar-refractivity contribution is -0.139. The summed E-state index contributed by atoms with van der Waals surface area (Å²) in [6.45, 7) is 4.73. The highest BCUT2D eigenvalue weighted by Crippen LogP contribution is 2.42. The number of carbonyl (C=O) groups is 4. The largest absolute Gasteiger partial charge is 0.338 e. The first-order valence-electron chi connectivity index (χ1n) is 10.4. The number of hydrogen-bond donors (Lipinski definition) is 2. The van der Waals surface area contributed by atoms with Crippen molar-refractivity contribution in [2.45, 2.75) is 32.2 Å². The van der Waals surface area contributed by atoms with Gasteiger partial charge in [0, 0.05) is 36.9 Å². The number of imide groups is 1. The molecule has 9 nitrogen and oxygen atoms in total. The van der Waals surface area contributed by atoms with Crippen molar-refractivity contribution in [2.24, 2.45) is 5.92 Å². The lowest BCUT2D eigenvalue weighted by Gasteiger charge is -2.35. The van der Waals surface area contributed by atoms with Crippen LogP contribution in [-0.2, 0) is 9.59 Å². The third kappa shape index (κ3) is 4.19. The van der Waals surface area contributed by atoms with Crippen LogP contribution in [0.25, 0.3) is 0 Å². The predicted molar refractivity (Wildman–Crippen MR) is 115 cm³/mol. The van der Waals surface area contributed by atoms with Gasteiger partial charge in [0.2, 0.25) is 5.91 Å². The Bertz CT molecular complexity index is 942. The molecule has 3 fully saturated rings. The number of benzene rings is 1. The fourth-order valence-corrected chi connectivity index (χ4v) is 4.24. The molecule has 6 amide bonds. The van der Waals surface area contributed by atoms with Gasteiger partial charge in [-0.25, -0.2) is 9.59 Å². The molecule has 2 aliphatic heterocycles. The van der Waals surface area contributed by atoms with Gasteiger partial charge >= 0.3 is 12.1 Å². The summed E-state index contributed by atoms with van der Waals surface area (Å²) < 4.78 is 0. The molecule has 2 heterocycles. The number of aryl methyl sites for hydroxylation is 1. The maximum atomic E-state index is 12.7. The Labute approximate surface area is 185 Å². The Balaban J connectivity index is 1.29. The van der Waals surface area contributed by atoms with Crippen LogP contribution >= 0.6 is 11.6 Å². The molecule has 0 spiro atoms. The average molecular weight is 448 g/mol. The number of amides is 6. The van der Waals surface area contributed by atoms with E-state index < -0.39 is 11.6 Å². The quantitative estimate of drug-likeness (QED) is 0.689. The molecule has 4 rings (SSSR count). The minimum Gasteiger partial charge on any atom is -0.338 e. The van der Waals surface area contributed by atoms with Gasteiger partial charge in [-0.2, -0.15) is 0 Å². The van der Waals surface area contributed by atoms with E-state index in [2.05, 4.69) is 10.6 Å². The first-order chi connectivity index (χ1) is 14.7. The van der Waals surface area contributed by atoms with Crippen molar-refractivity contribution in [3.05, 3.63) is 28.8 Å². The molecule has 3 aliphatic rings. The number of nitrogens with zero attached hydrogens (tertiary/aromatic N) is 3. The molecule has 0 bridgehead atoms. The number of piperazine rings is 1. The van der Waals surface area contributed by atoms with Crippen LogP contribution in [0.5, 0.6) is 0 Å². The smallest absolute Gasteiger partial charge is 0.325 e. The Hall–Kier alpha value is -2.81. The molecule has 1 aromatic carbocycles. The van der Waals surface area contributed by atoms with Gasteiger partial charge in [-0.15, -0.1) is 0 Å². The van der Waals surface area contributed by atoms with Gasteiger partial charge in [0.1, 0.15) is 12.1 Å². The summed E-state index contributed by atoms with van der Waals surface area (Å²) >= 11 is 6.10. The maximum Gasteiger partial charge on any atom is 0.325 e. The van der Waals surface area contributed by atoms with Gasteiger partial charge in [-0.1, -0.05) is 17.7 Å². The first-order valence-corrected chi connectivity index (χ1v) is 10.8. The zero-order valence-corrected chi connectivity index (χ0v) is 18.4. The number of carbonyl (C=O) groups excluding carboxylic acids is 4. The van der Waals surface area contributed by atoms with Crippen molar-refractivity contribution in [3.63, 3.8) is 0 Å². The average Bonchev–Trinajstić information content (AvgIpc) is 3.57. The van der Waals surface area contributed by atoms with E-state index in [-0.39, 0.29) is 30.3 Å². The van der Waals surface area contributed by atoms with Gasteiger partial charge in [-0.05, 0) is 50.3 Å². The van der Waals surface area contributed by atoms with Crippen LogP contribution in [0.2, 0.25) is 5.02 Å². The number of halogens is 1. The highest BCUT2D eigenvalue weighted by molar-refractivity contribution is 6.31. The second-order valence-electron chi connectivity index (χ2n) is 8.56. The Kier molecular flexibility index (Phi) is 5.55. The Morgan fingerprint density at radius 1 is 1.16 bits per heavy atom. The van der Waals surface area contributed by atoms with Crippen molar-refractivity contribution in [3.8, 4) is 0 Å². The highest BCUT2D eigenvalue weighted by Gasteiger charge is 2.56. The van der Waals surface area contributed by atoms with E-state index in [0.29, 0.717) is 36.9 Å². The zero-order chi connectivity index (χ0) is 22.3. The molecule has 2 saturated heterocycles. The first kappa shape index (κ1) is 21.4. The standard InChI is InChI=1S/C21H26ClN5O4/c1-13-3-6-15(11-16(13)22)23-19(30)26-9-7-25(8-10-26)17(28)12-27-18(29)21(2,14-4-5-14)24-20(27)31/h3,6,11,14H,4-5,7-10,12H2,1-2H3,(H,23,30)(H,24,31). The molecule has 1 aromatic rings. The molecule has 2 N–H and O–H groups in total. The number of rotatable bonds is 4. The summed E-state index contributed by atoms with van der Waals surface area (Å²) in [4.78, 5) is 54.4. The summed E-state index contributed by atoms with van der Waals surface area (Å²) in [6.07, 6.45) is 1.81. The van der Waals surface area contributed by atoms with Crippen molar-refractivity contribution in [1.29, 1.82) is 0 Å². The van der Waals surface area contributed by atoms with Gasteiger partial charge < -0.3 is 20.4 Å². The van der Waals surface area contributed by atoms with Crippen LogP contribution in [0, 0.1) is 12.8 Å². The SMILES string of the molecule is Cc1ccc(NC(=O)N2CCN(C(=O)CN3C(=O)NC(C)(C4CC4)C3=O)CC2)cc1Cl.